The molecule has 0 aliphatic carbocycles. The van der Waals surface area contributed by atoms with E-state index in [1.165, 1.54) is 17.9 Å². The molecule has 1 saturated heterocycles. The number of carbonyl (C=O) groups excluding carboxylic acids is 2. The molecule has 10 nitrogen and oxygen atoms in total. The Labute approximate surface area is 212 Å². The molecule has 1 aromatic heterocycles. The fourth-order valence-electron chi connectivity index (χ4n) is 4.25. The topological polar surface area (TPSA) is 128 Å². The molecule has 3 N–H and O–H groups in total. The van der Waals surface area contributed by atoms with E-state index in [1.54, 1.807) is 19.1 Å². The largest absolute Gasteiger partial charge is 0.442 e. The first-order valence-corrected chi connectivity index (χ1v) is 11.7. The second kappa shape index (κ2) is 10.8. The van der Waals surface area contributed by atoms with Crippen LogP contribution < -0.4 is 21.5 Å². The maximum Gasteiger partial charge on any atom is 0.414 e. The number of amides is 2. The van der Waals surface area contributed by atoms with Crippen molar-refractivity contribution in [1.29, 1.82) is 0 Å². The molecule has 37 heavy (non-hydrogen) atoms. The van der Waals surface area contributed by atoms with E-state index in [2.05, 4.69) is 15.3 Å². The lowest BCUT2D eigenvalue weighted by Crippen LogP contribution is -2.33. The van der Waals surface area contributed by atoms with Crippen molar-refractivity contribution in [2.45, 2.75) is 33.0 Å². The molecular weight excluding hydrogens is 481 g/mol. The third kappa shape index (κ3) is 6.12. The van der Waals surface area contributed by atoms with Crippen molar-refractivity contribution in [2.75, 3.05) is 25.0 Å². The number of anilines is 1. The second-order valence-electron chi connectivity index (χ2n) is 9.10. The Morgan fingerprint density at radius 2 is 1.86 bits per heavy atom. The number of halogens is 1. The van der Waals surface area contributed by atoms with Crippen molar-refractivity contribution >= 4 is 17.7 Å². The zero-order chi connectivity index (χ0) is 26.7. The number of H-pyrrole nitrogens is 2. The summed E-state index contributed by atoms with van der Waals surface area (Å²) in [5.74, 6) is -0.699. The lowest BCUT2D eigenvalue weighted by molar-refractivity contribution is -0.119. The highest BCUT2D eigenvalue weighted by atomic mass is 19.1. The Kier molecular flexibility index (Phi) is 7.53. The minimum absolute atomic E-state index is 0.195. The van der Waals surface area contributed by atoms with Gasteiger partial charge >= 0.3 is 11.8 Å². The minimum atomic E-state index is -0.588. The monoisotopic (exact) mass is 509 g/mol. The van der Waals surface area contributed by atoms with Gasteiger partial charge in [0.25, 0.3) is 5.56 Å². The predicted octanol–water partition coefficient (Wildman–Crippen LogP) is 2.27. The van der Waals surface area contributed by atoms with E-state index in [0.29, 0.717) is 41.2 Å². The normalized spacial score (nSPS) is 15.2. The highest BCUT2D eigenvalue weighted by molar-refractivity contribution is 5.90. The number of cyclic esters (lactones) is 1. The van der Waals surface area contributed by atoms with Gasteiger partial charge in [-0.25, -0.2) is 14.0 Å². The van der Waals surface area contributed by atoms with Crippen LogP contribution in [0.15, 0.2) is 52.1 Å². The number of aromatic amines is 2. The Morgan fingerprint density at radius 1 is 1.14 bits per heavy atom. The summed E-state index contributed by atoms with van der Waals surface area (Å²) >= 11 is 0. The van der Waals surface area contributed by atoms with E-state index >= 15 is 4.39 Å². The number of rotatable bonds is 8. The quantitative estimate of drug-likeness (QED) is 0.428. The zero-order valence-corrected chi connectivity index (χ0v) is 20.8. The van der Waals surface area contributed by atoms with Crippen LogP contribution in [0.25, 0.3) is 11.1 Å². The van der Waals surface area contributed by atoms with Gasteiger partial charge in [0.2, 0.25) is 5.91 Å². The predicted molar refractivity (Wildman–Crippen MR) is 136 cm³/mol. The van der Waals surface area contributed by atoms with Gasteiger partial charge in [-0.15, -0.1) is 0 Å². The Hall–Kier alpha value is -4.25. The number of nitrogens with one attached hydrogen (secondary N) is 3. The van der Waals surface area contributed by atoms with Crippen molar-refractivity contribution in [1.82, 2.24) is 20.2 Å². The van der Waals surface area contributed by atoms with Gasteiger partial charge < -0.3 is 15.0 Å². The van der Waals surface area contributed by atoms with Gasteiger partial charge in [-0.3, -0.25) is 24.4 Å². The molecule has 11 heteroatoms. The van der Waals surface area contributed by atoms with Gasteiger partial charge in [0, 0.05) is 31.3 Å². The molecule has 0 bridgehead atoms. The minimum Gasteiger partial charge on any atom is -0.442 e. The van der Waals surface area contributed by atoms with E-state index in [9.17, 15) is 19.2 Å². The highest BCUT2D eigenvalue weighted by Gasteiger charge is 2.32. The molecule has 2 aromatic carbocycles. The number of hydrogen-bond donors (Lipinski definition) is 3. The van der Waals surface area contributed by atoms with Crippen LogP contribution >= 0.6 is 0 Å². The van der Waals surface area contributed by atoms with E-state index in [0.717, 1.165) is 5.56 Å². The zero-order valence-electron chi connectivity index (χ0n) is 20.8. The van der Waals surface area contributed by atoms with Gasteiger partial charge in [-0.05, 0) is 43.3 Å². The van der Waals surface area contributed by atoms with Crippen LogP contribution in [0.4, 0.5) is 14.9 Å². The molecule has 2 heterocycles. The number of aryl methyl sites for hydroxylation is 1. The average Bonchev–Trinajstić information content (AvgIpc) is 3.21. The first-order chi connectivity index (χ1) is 17.6. The maximum absolute atomic E-state index is 15.0. The molecule has 1 aliphatic heterocycles. The highest BCUT2D eigenvalue weighted by Crippen LogP contribution is 2.29. The smallest absolute Gasteiger partial charge is 0.414 e. The lowest BCUT2D eigenvalue weighted by atomic mass is 10.0. The number of benzene rings is 2. The molecule has 2 amide bonds. The number of aromatic nitrogens is 2. The summed E-state index contributed by atoms with van der Waals surface area (Å²) in [6, 6.07) is 12.0. The molecule has 0 spiro atoms. The third-order valence-corrected chi connectivity index (χ3v) is 6.12. The Balaban J connectivity index is 1.41. The SMILES string of the molecule is CC(=O)NCC1CN(c2ccc(-c3ccc(CN(C)Cc4c(C)[nH]c(=O)[nH]c4=O)cc3)c(F)c2)C(=O)O1. The van der Waals surface area contributed by atoms with Crippen LogP contribution in [0.1, 0.15) is 23.7 Å². The number of hydrogen-bond acceptors (Lipinski definition) is 6. The van der Waals surface area contributed by atoms with Crippen LogP contribution in [0.5, 0.6) is 0 Å². The van der Waals surface area contributed by atoms with Crippen molar-refractivity contribution in [3.05, 3.63) is 85.9 Å². The van der Waals surface area contributed by atoms with Crippen molar-refractivity contribution in [3.63, 3.8) is 0 Å². The molecule has 3 aromatic rings. The molecular formula is C26H28FN5O5. The van der Waals surface area contributed by atoms with Crippen LogP contribution in [0.3, 0.4) is 0 Å². The molecule has 0 saturated carbocycles. The van der Waals surface area contributed by atoms with Crippen LogP contribution in [-0.4, -0.2) is 53.1 Å². The molecule has 1 aliphatic rings. The molecule has 1 unspecified atom stereocenters. The summed E-state index contributed by atoms with van der Waals surface area (Å²) in [5, 5.41) is 2.61. The van der Waals surface area contributed by atoms with E-state index in [4.69, 9.17) is 4.74 Å². The van der Waals surface area contributed by atoms with Gasteiger partial charge in [0.1, 0.15) is 11.9 Å². The summed E-state index contributed by atoms with van der Waals surface area (Å²) in [4.78, 5) is 54.9. The van der Waals surface area contributed by atoms with Crippen LogP contribution in [0, 0.1) is 12.7 Å². The molecule has 0 radical (unpaired) electrons. The summed E-state index contributed by atoms with van der Waals surface area (Å²) in [5.41, 5.74) is 2.49. The average molecular weight is 510 g/mol. The van der Waals surface area contributed by atoms with Gasteiger partial charge in [0.05, 0.1) is 24.3 Å². The van der Waals surface area contributed by atoms with Crippen LogP contribution in [-0.2, 0) is 22.6 Å². The summed E-state index contributed by atoms with van der Waals surface area (Å²) in [7, 11) is 1.86. The fourth-order valence-corrected chi connectivity index (χ4v) is 4.25. The van der Waals surface area contributed by atoms with E-state index in [1.807, 2.05) is 36.2 Å². The van der Waals surface area contributed by atoms with Crippen molar-refractivity contribution in [2.24, 2.45) is 0 Å². The number of carbonyl (C=O) groups is 2. The first-order valence-electron chi connectivity index (χ1n) is 11.7. The summed E-state index contributed by atoms with van der Waals surface area (Å²) in [6.45, 7) is 4.36. The lowest BCUT2D eigenvalue weighted by Gasteiger charge is -2.18. The number of nitrogens with zero attached hydrogens (tertiary/aromatic N) is 2. The van der Waals surface area contributed by atoms with Gasteiger partial charge in [-0.1, -0.05) is 24.3 Å². The van der Waals surface area contributed by atoms with E-state index in [-0.39, 0.29) is 19.0 Å². The van der Waals surface area contributed by atoms with E-state index < -0.39 is 29.3 Å². The molecule has 4 rings (SSSR count). The van der Waals surface area contributed by atoms with Gasteiger partial charge in [-0.2, -0.15) is 0 Å². The molecule has 194 valence electrons. The number of ether oxygens (including phenoxy) is 1. The Morgan fingerprint density at radius 3 is 2.51 bits per heavy atom. The Bertz CT molecular complexity index is 1430. The summed E-state index contributed by atoms with van der Waals surface area (Å²) in [6.07, 6.45) is -1.09. The van der Waals surface area contributed by atoms with Crippen molar-refractivity contribution in [3.8, 4) is 11.1 Å². The second-order valence-corrected chi connectivity index (χ2v) is 9.10. The first kappa shape index (κ1) is 25.8. The van der Waals surface area contributed by atoms with Crippen LogP contribution in [0.2, 0.25) is 0 Å². The van der Waals surface area contributed by atoms with Crippen molar-refractivity contribution < 1.29 is 18.7 Å². The fraction of sp³-hybridized carbons (Fsp3) is 0.308. The standard InChI is InChI=1S/C26H28FN5O5/c1-15-22(24(34)30-25(35)29-15)14-31(3)12-17-4-6-18(7-5-17)21-9-8-19(10-23(21)27)32-13-20(37-26(32)36)11-28-16(2)33/h4-10,20H,11-14H2,1-3H3,(H,28,33)(H2,29,30,34,35). The summed E-state index contributed by atoms with van der Waals surface area (Å²) < 4.78 is 20.3. The molecule has 1 fully saturated rings. The van der Waals surface area contributed by atoms with Gasteiger partial charge in [0.15, 0.2) is 0 Å². The molecule has 1 atom stereocenters. The third-order valence-electron chi connectivity index (χ3n) is 6.12. The maximum atomic E-state index is 15.0.